The normalized spacial score (nSPS) is 17.7. The summed E-state index contributed by atoms with van der Waals surface area (Å²) in [4.78, 5) is 11.8. The standard InChI is InChI=1S/C21H35F2N9O2/c1-6-31-13-16(26-29-31)17(25-14(2)15-11-21(22,23)12-15)18-27-28-30-32(18)10-8-7-9-24-19(33)34-20(3,4)5/h13-15,17,25H,6-12H2,1-5H3,(H,24,33)/t14-,17?/m1/s1. The highest BCUT2D eigenvalue weighted by atomic mass is 19.3. The Morgan fingerprint density at radius 2 is 2.00 bits per heavy atom. The molecule has 1 aliphatic carbocycles. The SMILES string of the molecule is CCn1cc(C(N[C@H](C)C2CC(F)(F)C2)c2nnnn2CCCCNC(=O)OC(C)(C)C)nn1. The molecule has 1 unspecified atom stereocenters. The molecular formula is C21H35F2N9O2. The van der Waals surface area contributed by atoms with Crippen LogP contribution in [0.3, 0.4) is 0 Å². The first kappa shape index (κ1) is 25.9. The number of amides is 1. The van der Waals surface area contributed by atoms with Crippen molar-refractivity contribution in [3.63, 3.8) is 0 Å². The highest BCUT2D eigenvalue weighted by Crippen LogP contribution is 2.44. The van der Waals surface area contributed by atoms with Crippen LogP contribution in [0.4, 0.5) is 13.6 Å². The lowest BCUT2D eigenvalue weighted by Gasteiger charge is -2.40. The van der Waals surface area contributed by atoms with Crippen molar-refractivity contribution in [2.45, 2.75) is 97.0 Å². The number of ether oxygens (including phenoxy) is 1. The van der Waals surface area contributed by atoms with Gasteiger partial charge in [-0.1, -0.05) is 5.21 Å². The third kappa shape index (κ3) is 7.15. The number of aryl methyl sites for hydroxylation is 2. The molecule has 2 aromatic rings. The second-order valence-corrected chi connectivity index (χ2v) is 9.81. The fourth-order valence-corrected chi connectivity index (χ4v) is 3.82. The average molecular weight is 484 g/mol. The van der Waals surface area contributed by atoms with Crippen molar-refractivity contribution in [2.75, 3.05) is 6.54 Å². The van der Waals surface area contributed by atoms with E-state index in [1.807, 2.05) is 40.8 Å². The number of alkyl carbamates (subject to hydrolysis) is 1. The maximum Gasteiger partial charge on any atom is 0.407 e. The van der Waals surface area contributed by atoms with Gasteiger partial charge in [0, 0.05) is 38.5 Å². The molecule has 2 heterocycles. The summed E-state index contributed by atoms with van der Waals surface area (Å²) in [5, 5.41) is 26.7. The van der Waals surface area contributed by atoms with Crippen molar-refractivity contribution in [2.24, 2.45) is 5.92 Å². The summed E-state index contributed by atoms with van der Waals surface area (Å²) < 4.78 is 35.4. The van der Waals surface area contributed by atoms with E-state index in [1.165, 1.54) is 0 Å². The van der Waals surface area contributed by atoms with E-state index in [0.717, 1.165) is 0 Å². The number of aromatic nitrogens is 7. The lowest BCUT2D eigenvalue weighted by Crippen LogP contribution is -2.48. The summed E-state index contributed by atoms with van der Waals surface area (Å²) in [6.45, 7) is 10.9. The Labute approximate surface area is 198 Å². The topological polar surface area (TPSA) is 125 Å². The van der Waals surface area contributed by atoms with Crippen LogP contribution < -0.4 is 10.6 Å². The number of carbonyl (C=O) groups is 1. The van der Waals surface area contributed by atoms with Crippen LogP contribution in [0.5, 0.6) is 0 Å². The summed E-state index contributed by atoms with van der Waals surface area (Å²) in [6.07, 6.45) is 2.51. The molecule has 34 heavy (non-hydrogen) atoms. The van der Waals surface area contributed by atoms with Crippen LogP contribution in [0, 0.1) is 5.92 Å². The first-order valence-electron chi connectivity index (χ1n) is 11.7. The average Bonchev–Trinajstić information content (AvgIpc) is 3.38. The van der Waals surface area contributed by atoms with Gasteiger partial charge in [0.05, 0.1) is 6.20 Å². The number of carbonyl (C=O) groups excluding carboxylic acids is 1. The minimum atomic E-state index is -2.59. The van der Waals surface area contributed by atoms with Crippen LogP contribution in [0.1, 0.15) is 77.9 Å². The predicted molar refractivity (Wildman–Crippen MR) is 119 cm³/mol. The molecule has 1 aliphatic rings. The fourth-order valence-electron chi connectivity index (χ4n) is 3.82. The van der Waals surface area contributed by atoms with Crippen molar-refractivity contribution >= 4 is 6.09 Å². The first-order valence-corrected chi connectivity index (χ1v) is 11.7. The van der Waals surface area contributed by atoms with E-state index in [4.69, 9.17) is 4.74 Å². The van der Waals surface area contributed by atoms with Gasteiger partial charge in [-0.2, -0.15) is 0 Å². The van der Waals surface area contributed by atoms with Crippen LogP contribution in [-0.2, 0) is 17.8 Å². The second-order valence-electron chi connectivity index (χ2n) is 9.81. The van der Waals surface area contributed by atoms with Crippen LogP contribution >= 0.6 is 0 Å². The Bertz CT molecular complexity index is 933. The zero-order valence-electron chi connectivity index (χ0n) is 20.5. The van der Waals surface area contributed by atoms with Gasteiger partial charge in [0.15, 0.2) is 5.82 Å². The molecule has 0 bridgehead atoms. The van der Waals surface area contributed by atoms with E-state index in [0.29, 0.717) is 44.0 Å². The van der Waals surface area contributed by atoms with E-state index in [1.54, 1.807) is 9.36 Å². The van der Waals surface area contributed by atoms with Gasteiger partial charge in [-0.25, -0.2) is 18.3 Å². The summed E-state index contributed by atoms with van der Waals surface area (Å²) in [5.74, 6) is -2.18. The number of hydrogen-bond donors (Lipinski definition) is 2. The molecule has 13 heteroatoms. The highest BCUT2D eigenvalue weighted by molar-refractivity contribution is 5.67. The van der Waals surface area contributed by atoms with Crippen molar-refractivity contribution in [1.82, 2.24) is 45.8 Å². The van der Waals surface area contributed by atoms with E-state index in [2.05, 4.69) is 36.5 Å². The van der Waals surface area contributed by atoms with Crippen molar-refractivity contribution in [3.8, 4) is 0 Å². The monoisotopic (exact) mass is 483 g/mol. The van der Waals surface area contributed by atoms with E-state index in [9.17, 15) is 13.6 Å². The Morgan fingerprint density at radius 3 is 2.62 bits per heavy atom. The lowest BCUT2D eigenvalue weighted by atomic mass is 9.76. The van der Waals surface area contributed by atoms with Crippen molar-refractivity contribution in [3.05, 3.63) is 17.7 Å². The third-order valence-electron chi connectivity index (χ3n) is 5.72. The maximum atomic E-state index is 13.4. The molecular weight excluding hydrogens is 448 g/mol. The number of nitrogens with one attached hydrogen (secondary N) is 2. The third-order valence-corrected chi connectivity index (χ3v) is 5.72. The molecule has 190 valence electrons. The Balaban J connectivity index is 1.61. The van der Waals surface area contributed by atoms with Gasteiger partial charge in [-0.05, 0) is 63.8 Å². The number of hydrogen-bond acceptors (Lipinski definition) is 8. The molecule has 2 aromatic heterocycles. The highest BCUT2D eigenvalue weighted by Gasteiger charge is 2.47. The van der Waals surface area contributed by atoms with Gasteiger partial charge in [0.25, 0.3) is 0 Å². The molecule has 0 aromatic carbocycles. The van der Waals surface area contributed by atoms with Crippen molar-refractivity contribution in [1.29, 1.82) is 0 Å². The van der Waals surface area contributed by atoms with Gasteiger partial charge in [-0.15, -0.1) is 10.2 Å². The number of halogens is 2. The van der Waals surface area contributed by atoms with Crippen LogP contribution in [0.2, 0.25) is 0 Å². The summed E-state index contributed by atoms with van der Waals surface area (Å²) >= 11 is 0. The molecule has 2 atom stereocenters. The Hall–Kier alpha value is -2.70. The summed E-state index contributed by atoms with van der Waals surface area (Å²) in [5.41, 5.74) is 0.0851. The maximum absolute atomic E-state index is 13.4. The molecule has 1 fully saturated rings. The molecule has 1 saturated carbocycles. The summed E-state index contributed by atoms with van der Waals surface area (Å²) in [6, 6.07) is -0.668. The van der Waals surface area contributed by atoms with E-state index < -0.39 is 23.7 Å². The Kier molecular flexibility index (Phi) is 8.16. The van der Waals surface area contributed by atoms with Crippen LogP contribution in [0.15, 0.2) is 6.20 Å². The fraction of sp³-hybridized carbons (Fsp3) is 0.810. The molecule has 0 radical (unpaired) electrons. The largest absolute Gasteiger partial charge is 0.444 e. The number of nitrogens with zero attached hydrogens (tertiary/aromatic N) is 7. The van der Waals surface area contributed by atoms with Crippen LogP contribution in [-0.4, -0.2) is 65.4 Å². The molecule has 3 rings (SSSR count). The molecule has 1 amide bonds. The van der Waals surface area contributed by atoms with Gasteiger partial charge >= 0.3 is 6.09 Å². The lowest BCUT2D eigenvalue weighted by molar-refractivity contribution is -0.118. The quantitative estimate of drug-likeness (QED) is 0.468. The number of unbranched alkanes of at least 4 members (excludes halogenated alkanes) is 1. The minimum Gasteiger partial charge on any atom is -0.444 e. The van der Waals surface area contributed by atoms with Gasteiger partial charge < -0.3 is 10.1 Å². The zero-order valence-corrected chi connectivity index (χ0v) is 20.5. The van der Waals surface area contributed by atoms with Crippen LogP contribution in [0.25, 0.3) is 0 Å². The molecule has 0 spiro atoms. The van der Waals surface area contributed by atoms with Gasteiger partial charge in [-0.3, -0.25) is 10.00 Å². The minimum absolute atomic E-state index is 0.134. The molecule has 0 saturated heterocycles. The van der Waals surface area contributed by atoms with Gasteiger partial charge in [0.2, 0.25) is 5.92 Å². The first-order chi connectivity index (χ1) is 16.0. The Morgan fingerprint density at radius 1 is 1.26 bits per heavy atom. The molecule has 0 aliphatic heterocycles. The van der Waals surface area contributed by atoms with Gasteiger partial charge in [0.1, 0.15) is 17.3 Å². The summed E-state index contributed by atoms with van der Waals surface area (Å²) in [7, 11) is 0. The molecule has 2 N–H and O–H groups in total. The van der Waals surface area contributed by atoms with E-state index in [-0.39, 0.29) is 24.8 Å². The zero-order chi connectivity index (χ0) is 24.9. The number of tetrazole rings is 1. The number of alkyl halides is 2. The molecule has 11 nitrogen and oxygen atoms in total. The van der Waals surface area contributed by atoms with E-state index >= 15 is 0 Å². The smallest absolute Gasteiger partial charge is 0.407 e. The second kappa shape index (κ2) is 10.7. The predicted octanol–water partition coefficient (Wildman–Crippen LogP) is 2.70. The number of rotatable bonds is 11. The van der Waals surface area contributed by atoms with Crippen molar-refractivity contribution < 1.29 is 18.3 Å².